The summed E-state index contributed by atoms with van der Waals surface area (Å²) in [6.07, 6.45) is -5.32. The summed E-state index contributed by atoms with van der Waals surface area (Å²) in [6, 6.07) is 0. The van der Waals surface area contributed by atoms with Gasteiger partial charge in [-0.3, -0.25) is 9.41 Å². The molecule has 14 heteroatoms. The Balaban J connectivity index is 4.31. The zero-order valence-electron chi connectivity index (χ0n) is 7.68. The van der Waals surface area contributed by atoms with Crippen molar-refractivity contribution in [2.75, 3.05) is 0 Å². The molecule has 6 N–H and O–H groups in total. The molecular weight excluding hydrogens is 290 g/mol. The van der Waals surface area contributed by atoms with E-state index in [9.17, 15) is 13.9 Å². The molecule has 0 radical (unpaired) electrons. The zero-order chi connectivity index (χ0) is 13.9. The fraction of sp³-hybridized carbons (Fsp3) is 0.667. The van der Waals surface area contributed by atoms with Gasteiger partial charge < -0.3 is 29.8 Å². The summed E-state index contributed by atoms with van der Waals surface area (Å²) in [4.78, 5) is 46.6. The van der Waals surface area contributed by atoms with E-state index in [0.717, 1.165) is 0 Å². The fourth-order valence-corrected chi connectivity index (χ4v) is 1.02. The van der Waals surface area contributed by atoms with Crippen LogP contribution in [0, 0.1) is 0 Å². The van der Waals surface area contributed by atoms with Crippen LogP contribution in [0.25, 0.3) is 0 Å². The molecule has 102 valence electrons. The summed E-state index contributed by atoms with van der Waals surface area (Å²) in [6.45, 7) is 0. The van der Waals surface area contributed by atoms with Crippen LogP contribution in [0.2, 0.25) is 0 Å². The molecule has 2 atom stereocenters. The lowest BCUT2D eigenvalue weighted by atomic mass is 10.4. The van der Waals surface area contributed by atoms with Crippen molar-refractivity contribution in [3.8, 4) is 0 Å². The molecule has 12 nitrogen and oxygen atoms in total. The Morgan fingerprint density at radius 3 is 1.82 bits per heavy atom. The lowest BCUT2D eigenvalue weighted by Gasteiger charge is -2.16. The normalized spacial score (nSPS) is 16.4. The maximum Gasteiger partial charge on any atom is 0.505 e. The molecule has 0 aliphatic carbocycles. The molecule has 0 fully saturated rings. The van der Waals surface area contributed by atoms with Crippen LogP contribution in [0.15, 0.2) is 0 Å². The Morgan fingerprint density at radius 2 is 1.47 bits per heavy atom. The third kappa shape index (κ3) is 8.35. The average molecular weight is 298 g/mol. The molecule has 0 aromatic heterocycles. The predicted octanol–water partition coefficient (Wildman–Crippen LogP) is -2.66. The van der Waals surface area contributed by atoms with Gasteiger partial charge in [-0.25, -0.2) is 13.9 Å². The van der Waals surface area contributed by atoms with E-state index in [2.05, 4.69) is 14.1 Å². The van der Waals surface area contributed by atoms with Crippen LogP contribution in [0.3, 0.4) is 0 Å². The monoisotopic (exact) mass is 298 g/mol. The minimum atomic E-state index is -5.18. The van der Waals surface area contributed by atoms with Gasteiger partial charge in [-0.05, 0) is 0 Å². The van der Waals surface area contributed by atoms with Crippen molar-refractivity contribution in [3.05, 3.63) is 0 Å². The van der Waals surface area contributed by atoms with Gasteiger partial charge in [0, 0.05) is 0 Å². The van der Waals surface area contributed by atoms with Gasteiger partial charge in [0.05, 0.1) is 0 Å². The fourth-order valence-electron chi connectivity index (χ4n) is 0.449. The molecule has 0 heterocycles. The molecular formula is C3H8O12P2. The van der Waals surface area contributed by atoms with Crippen LogP contribution in [0.4, 0.5) is 0 Å². The smallest absolute Gasteiger partial charge is 0.377 e. The zero-order valence-corrected chi connectivity index (χ0v) is 9.47. The van der Waals surface area contributed by atoms with Crippen molar-refractivity contribution in [2.45, 2.75) is 12.4 Å². The lowest BCUT2D eigenvalue weighted by Crippen LogP contribution is -2.36. The number of aliphatic hydroxyl groups is 2. The van der Waals surface area contributed by atoms with Crippen LogP contribution in [0.5, 0.6) is 0 Å². The van der Waals surface area contributed by atoms with E-state index in [0.29, 0.717) is 0 Å². The predicted molar refractivity (Wildman–Crippen MR) is 44.4 cm³/mol. The van der Waals surface area contributed by atoms with Gasteiger partial charge in [0.15, 0.2) is 0 Å². The second-order valence-electron chi connectivity index (χ2n) is 2.40. The number of rotatable bonds is 6. The third-order valence-corrected chi connectivity index (χ3v) is 1.73. The van der Waals surface area contributed by atoms with E-state index >= 15 is 0 Å². The third-order valence-electron chi connectivity index (χ3n) is 0.973. The Kier molecular flexibility index (Phi) is 5.84. The van der Waals surface area contributed by atoms with Crippen LogP contribution in [-0.2, 0) is 28.0 Å². The second kappa shape index (κ2) is 5.98. The standard InChI is InChI=1S/C3H8O12P2/c4-1(3(6)14-16(7,8)9)2(5)13-15-17(10,11)12/h1,3-4,6H,(H2,7,8,9)(H2,10,11,12). The van der Waals surface area contributed by atoms with Gasteiger partial charge in [0.25, 0.3) is 0 Å². The van der Waals surface area contributed by atoms with Crippen molar-refractivity contribution >= 4 is 21.6 Å². The molecule has 0 saturated heterocycles. The number of carbonyl (C=O) groups excluding carboxylic acids is 1. The molecule has 17 heavy (non-hydrogen) atoms. The number of hydrogen-bond acceptors (Lipinski definition) is 8. The maximum absolute atomic E-state index is 10.7. The molecule has 0 aliphatic rings. The quantitative estimate of drug-likeness (QED) is 0.129. The summed E-state index contributed by atoms with van der Waals surface area (Å²) >= 11 is 0. The van der Waals surface area contributed by atoms with E-state index in [4.69, 9.17) is 29.8 Å². The van der Waals surface area contributed by atoms with Crippen molar-refractivity contribution in [3.63, 3.8) is 0 Å². The highest BCUT2D eigenvalue weighted by Crippen LogP contribution is 2.38. The largest absolute Gasteiger partial charge is 0.505 e. The van der Waals surface area contributed by atoms with Crippen LogP contribution in [0.1, 0.15) is 0 Å². The summed E-state index contributed by atoms with van der Waals surface area (Å²) in [7, 11) is -10.3. The van der Waals surface area contributed by atoms with Gasteiger partial charge in [-0.2, -0.15) is 0 Å². The number of hydrogen-bond donors (Lipinski definition) is 6. The van der Waals surface area contributed by atoms with E-state index in [-0.39, 0.29) is 0 Å². The molecule has 0 spiro atoms. The van der Waals surface area contributed by atoms with Crippen LogP contribution < -0.4 is 0 Å². The molecule has 0 bridgehead atoms. The van der Waals surface area contributed by atoms with Gasteiger partial charge in [-0.1, -0.05) is 4.67 Å². The molecule has 0 amide bonds. The molecule has 0 saturated carbocycles. The van der Waals surface area contributed by atoms with E-state index in [1.54, 1.807) is 0 Å². The number of phosphoric acid groups is 2. The van der Waals surface area contributed by atoms with Crippen molar-refractivity contribution in [1.29, 1.82) is 0 Å². The Labute approximate surface area is 92.8 Å². The van der Waals surface area contributed by atoms with E-state index in [1.807, 2.05) is 0 Å². The Hall–Kier alpha value is -0.390. The highest BCUT2D eigenvalue weighted by molar-refractivity contribution is 7.46. The molecule has 0 aromatic carbocycles. The first-order chi connectivity index (χ1) is 7.42. The second-order valence-corrected chi connectivity index (χ2v) is 4.72. The average Bonchev–Trinajstić information content (AvgIpc) is 2.08. The molecule has 0 aliphatic heterocycles. The van der Waals surface area contributed by atoms with Crippen molar-refractivity contribution < 1.29 is 57.8 Å². The van der Waals surface area contributed by atoms with Crippen molar-refractivity contribution in [2.24, 2.45) is 0 Å². The first-order valence-corrected chi connectivity index (χ1v) is 6.54. The number of aliphatic hydroxyl groups excluding tert-OH is 2. The lowest BCUT2D eigenvalue weighted by molar-refractivity contribution is -0.241. The number of phosphoric ester groups is 1. The summed E-state index contributed by atoms with van der Waals surface area (Å²) < 4.78 is 26.9. The van der Waals surface area contributed by atoms with Gasteiger partial charge in [0.1, 0.15) is 0 Å². The first kappa shape index (κ1) is 16.6. The molecule has 2 unspecified atom stereocenters. The van der Waals surface area contributed by atoms with Crippen LogP contribution >= 0.6 is 15.6 Å². The molecule has 0 aromatic rings. The number of carbonyl (C=O) groups is 1. The summed E-state index contributed by atoms with van der Waals surface area (Å²) in [5.41, 5.74) is 0. The van der Waals surface area contributed by atoms with Crippen molar-refractivity contribution in [1.82, 2.24) is 0 Å². The summed E-state index contributed by atoms with van der Waals surface area (Å²) in [5.74, 6) is -1.94. The van der Waals surface area contributed by atoms with E-state index in [1.165, 1.54) is 0 Å². The van der Waals surface area contributed by atoms with E-state index < -0.39 is 34.0 Å². The minimum Gasteiger partial charge on any atom is -0.377 e. The first-order valence-electron chi connectivity index (χ1n) is 3.48. The summed E-state index contributed by atoms with van der Waals surface area (Å²) in [5, 5.41) is 17.6. The topological polar surface area (TPSA) is 200 Å². The Morgan fingerprint density at radius 1 is 1.00 bits per heavy atom. The van der Waals surface area contributed by atoms with Crippen LogP contribution in [-0.4, -0.2) is 48.1 Å². The van der Waals surface area contributed by atoms with Gasteiger partial charge >= 0.3 is 21.6 Å². The highest BCUT2D eigenvalue weighted by atomic mass is 31.2. The SMILES string of the molecule is O=C(OOP(=O)(O)O)C(O)C(O)OP(=O)(O)O. The maximum atomic E-state index is 10.7. The van der Waals surface area contributed by atoms with Gasteiger partial charge in [0.2, 0.25) is 12.4 Å². The molecule has 0 rings (SSSR count). The minimum absolute atomic E-state index is 1.94. The van der Waals surface area contributed by atoms with Gasteiger partial charge in [-0.15, -0.1) is 0 Å². The Bertz CT molecular complexity index is 351. The highest BCUT2D eigenvalue weighted by Gasteiger charge is 2.34.